The second-order valence-corrected chi connectivity index (χ2v) is 10.9. The topological polar surface area (TPSA) is 80.7 Å². The van der Waals surface area contributed by atoms with Gasteiger partial charge in [0.1, 0.15) is 0 Å². The Labute approximate surface area is 155 Å². The smallest absolute Gasteiger partial charge is 0.300 e. The number of allylic oxidation sites excluding steroid dienone is 1. The first-order valence-electron chi connectivity index (χ1n) is 9.04. The van der Waals surface area contributed by atoms with Crippen molar-refractivity contribution < 1.29 is 19.8 Å². The van der Waals surface area contributed by atoms with Gasteiger partial charge >= 0.3 is 0 Å². The number of carboxylic acids is 2. The van der Waals surface area contributed by atoms with Crippen molar-refractivity contribution in [1.29, 1.82) is 0 Å². The van der Waals surface area contributed by atoms with Crippen LogP contribution in [0.1, 0.15) is 53.4 Å². The van der Waals surface area contributed by atoms with E-state index in [0.29, 0.717) is 0 Å². The van der Waals surface area contributed by atoms with E-state index >= 15 is 0 Å². The van der Waals surface area contributed by atoms with Crippen molar-refractivity contribution in [3.8, 4) is 0 Å². The number of rotatable bonds is 11. The van der Waals surface area contributed by atoms with Crippen LogP contribution in [0.15, 0.2) is 12.7 Å². The second-order valence-electron chi connectivity index (χ2n) is 6.50. The Hall–Kier alpha value is -0.930. The largest absolute Gasteiger partial charge is 0.550 e. The summed E-state index contributed by atoms with van der Waals surface area (Å²) in [5.74, 6) is -1.92. The summed E-state index contributed by atoms with van der Waals surface area (Å²) < 4.78 is 0. The molecule has 150 valence electrons. The first-order valence-corrected chi connectivity index (χ1v) is 11.6. The average molecular weight is 378 g/mol. The number of unbranched alkanes of at least 4 members (excludes halogenated alkanes) is 2. The molecule has 25 heavy (non-hydrogen) atoms. The van der Waals surface area contributed by atoms with Gasteiger partial charge in [0.15, 0.2) is 0 Å². The number of nitrogens with zero attached hydrogens (tertiary/aromatic N) is 1. The van der Waals surface area contributed by atoms with Gasteiger partial charge in [0, 0.05) is 26.7 Å². The van der Waals surface area contributed by atoms with E-state index in [2.05, 4.69) is 45.5 Å². The van der Waals surface area contributed by atoms with Gasteiger partial charge in [-0.15, -0.1) is 0 Å². The van der Waals surface area contributed by atoms with Gasteiger partial charge in [-0.2, -0.15) is 0 Å². The molecule has 0 aliphatic rings. The highest BCUT2D eigenvalue weighted by atomic mass is 31.2. The third-order valence-electron chi connectivity index (χ3n) is 3.51. The second kappa shape index (κ2) is 19.4. The first-order chi connectivity index (χ1) is 11.6. The molecule has 0 spiro atoms. The van der Waals surface area contributed by atoms with Crippen molar-refractivity contribution >= 4 is 19.2 Å². The maximum Gasteiger partial charge on any atom is 0.300 e. The molecule has 0 amide bonds. The summed E-state index contributed by atoms with van der Waals surface area (Å²) in [6.45, 7) is 11.9. The molecule has 0 rings (SSSR count). The zero-order chi connectivity index (χ0) is 20.3. The van der Waals surface area contributed by atoms with Gasteiger partial charge < -0.3 is 19.9 Å². The fourth-order valence-electron chi connectivity index (χ4n) is 2.28. The monoisotopic (exact) mass is 377 g/mol. The van der Waals surface area contributed by atoms with Crippen LogP contribution in [0.2, 0.25) is 0 Å². The Balaban J connectivity index is -0.000000503. The predicted octanol–water partition coefficient (Wildman–Crippen LogP) is 3.20. The summed E-state index contributed by atoms with van der Waals surface area (Å²) in [5.41, 5.74) is 0. The van der Waals surface area contributed by atoms with Crippen LogP contribution < -0.4 is 5.11 Å². The maximum atomic E-state index is 9.00. The molecule has 0 saturated carbocycles. The molecule has 0 radical (unpaired) electrons. The van der Waals surface area contributed by atoms with Gasteiger partial charge in [-0.3, -0.25) is 4.79 Å². The molecule has 5 nitrogen and oxygen atoms in total. The zero-order valence-electron chi connectivity index (χ0n) is 17.2. The summed E-state index contributed by atoms with van der Waals surface area (Å²) in [7, 11) is 3.65. The number of aliphatic carboxylic acids is 2. The number of carboxylic acid groups (broad SMARTS) is 2. The third-order valence-corrected chi connectivity index (χ3v) is 8.22. The summed E-state index contributed by atoms with van der Waals surface area (Å²) in [5, 5.41) is 16.3. The minimum Gasteiger partial charge on any atom is -0.550 e. The van der Waals surface area contributed by atoms with Crippen molar-refractivity contribution in [3.63, 3.8) is 0 Å². The number of carbonyl (C=O) groups is 2. The maximum absolute atomic E-state index is 9.00. The highest BCUT2D eigenvalue weighted by molar-refractivity contribution is 7.76. The van der Waals surface area contributed by atoms with Crippen LogP contribution in [0.4, 0.5) is 0 Å². The van der Waals surface area contributed by atoms with Gasteiger partial charge in [0.05, 0.1) is 24.6 Å². The van der Waals surface area contributed by atoms with Gasteiger partial charge in [-0.25, -0.2) is 0 Å². The number of hydrogen-bond donors (Lipinski definition) is 1. The highest BCUT2D eigenvalue weighted by Crippen LogP contribution is 2.59. The molecule has 0 atom stereocenters. The molecule has 0 bridgehead atoms. The van der Waals surface area contributed by atoms with Gasteiger partial charge in [0.25, 0.3) is 5.97 Å². The van der Waals surface area contributed by atoms with Crippen LogP contribution >= 0.6 is 7.26 Å². The zero-order valence-corrected chi connectivity index (χ0v) is 18.1. The van der Waals surface area contributed by atoms with Gasteiger partial charge in [-0.05, 0) is 33.9 Å². The van der Waals surface area contributed by atoms with E-state index in [1.807, 2.05) is 0 Å². The Kier molecular flexibility index (Phi) is 22.4. The fraction of sp³-hybridized carbons (Fsp3) is 0.789. The van der Waals surface area contributed by atoms with Crippen molar-refractivity contribution in [1.82, 2.24) is 4.90 Å². The Morgan fingerprint density at radius 1 is 1.08 bits per heavy atom. The van der Waals surface area contributed by atoms with Gasteiger partial charge in [-0.1, -0.05) is 39.3 Å². The molecule has 0 saturated heterocycles. The minimum atomic E-state index is -1.08. The molecular formula is C19H40NO4P. The first kappa shape index (κ1) is 28.9. The number of carbonyl (C=O) groups excluding carboxylic acids is 1. The van der Waals surface area contributed by atoms with Crippen molar-refractivity contribution in [2.24, 2.45) is 0 Å². The Morgan fingerprint density at radius 3 is 1.68 bits per heavy atom. The van der Waals surface area contributed by atoms with E-state index in [9.17, 15) is 0 Å². The highest BCUT2D eigenvalue weighted by Gasteiger charge is 2.34. The van der Waals surface area contributed by atoms with Crippen LogP contribution in [-0.4, -0.2) is 67.2 Å². The minimum absolute atomic E-state index is 0.743. The van der Waals surface area contributed by atoms with Crippen molar-refractivity contribution in [2.75, 3.05) is 45.3 Å². The summed E-state index contributed by atoms with van der Waals surface area (Å²) >= 11 is 0. The number of hydrogen-bond acceptors (Lipinski definition) is 4. The quantitative estimate of drug-likeness (QED) is 0.442. The molecule has 0 fully saturated rings. The van der Waals surface area contributed by atoms with E-state index in [1.54, 1.807) is 0 Å². The molecule has 0 unspecified atom stereocenters. The van der Waals surface area contributed by atoms with E-state index in [1.165, 1.54) is 56.9 Å². The van der Waals surface area contributed by atoms with E-state index < -0.39 is 19.2 Å². The summed E-state index contributed by atoms with van der Waals surface area (Å²) in [6, 6.07) is 0. The Bertz CT molecular complexity index is 318. The molecule has 0 aromatic carbocycles. The average Bonchev–Trinajstić information content (AvgIpc) is 2.47. The molecule has 0 aliphatic heterocycles. The molecule has 0 aromatic heterocycles. The van der Waals surface area contributed by atoms with Gasteiger partial charge in [0.2, 0.25) is 0 Å². The molecule has 0 aromatic rings. The van der Waals surface area contributed by atoms with Crippen LogP contribution in [-0.2, 0) is 9.59 Å². The lowest BCUT2D eigenvalue weighted by molar-refractivity contribution is -0.302. The van der Waals surface area contributed by atoms with Crippen LogP contribution in [0.3, 0.4) is 0 Å². The normalized spacial score (nSPS) is 10.2. The molecule has 1 N–H and O–H groups in total. The molecule has 6 heteroatoms. The fourth-order valence-corrected chi connectivity index (χ4v) is 6.85. The molecular weight excluding hydrogens is 337 g/mol. The molecule has 0 aliphatic carbocycles. The lowest BCUT2D eigenvalue weighted by Crippen LogP contribution is -2.22. The van der Waals surface area contributed by atoms with Crippen LogP contribution in [0.5, 0.6) is 0 Å². The van der Waals surface area contributed by atoms with Crippen LogP contribution in [0, 0.1) is 0 Å². The summed E-state index contributed by atoms with van der Waals surface area (Å²) in [6.07, 6.45) is 13.4. The van der Waals surface area contributed by atoms with E-state index in [4.69, 9.17) is 19.8 Å². The lowest BCUT2D eigenvalue weighted by atomic mass is 10.4. The molecule has 0 heterocycles. The van der Waals surface area contributed by atoms with E-state index in [0.717, 1.165) is 13.8 Å². The SMILES string of the molecule is C=CC[P+](CCCC)(CCCC)CCN(C)C.CC(=O)O.CC(=O)[O-]. The summed E-state index contributed by atoms with van der Waals surface area (Å²) in [4.78, 5) is 20.2. The standard InChI is InChI=1S/C15H33NP.2C2H4O2/c1-6-9-13-17(12-8-3,14-10-7-2)15-11-16(4)5;2*1-2(3)4/h8H,3,6-7,9-15H2,1-2,4-5H3;2*1H3,(H,3,4)/q+1;;/p-1. The van der Waals surface area contributed by atoms with Crippen molar-refractivity contribution in [3.05, 3.63) is 12.7 Å². The Morgan fingerprint density at radius 2 is 1.44 bits per heavy atom. The third kappa shape index (κ3) is 28.2. The van der Waals surface area contributed by atoms with Crippen LogP contribution in [0.25, 0.3) is 0 Å². The predicted molar refractivity (Wildman–Crippen MR) is 109 cm³/mol. The van der Waals surface area contributed by atoms with Crippen molar-refractivity contribution in [2.45, 2.75) is 53.4 Å². The van der Waals surface area contributed by atoms with E-state index in [-0.39, 0.29) is 0 Å². The lowest BCUT2D eigenvalue weighted by Gasteiger charge is -2.28.